The topological polar surface area (TPSA) is 41.9 Å². The summed E-state index contributed by atoms with van der Waals surface area (Å²) in [5.74, 6) is 1.69. The second-order valence-electron chi connectivity index (χ2n) is 14.0. The number of halogens is 3. The van der Waals surface area contributed by atoms with Gasteiger partial charge in [0.25, 0.3) is 0 Å². The van der Waals surface area contributed by atoms with Crippen LogP contribution in [-0.4, -0.2) is 55.2 Å². The molecule has 4 rings (SSSR count). The highest BCUT2D eigenvalue weighted by Crippen LogP contribution is 2.45. The van der Waals surface area contributed by atoms with Crippen molar-refractivity contribution < 1.29 is 27.8 Å². The van der Waals surface area contributed by atoms with E-state index in [1.807, 2.05) is 17.0 Å². The molecule has 7 heteroatoms. The van der Waals surface area contributed by atoms with E-state index in [1.54, 1.807) is 7.11 Å². The first-order chi connectivity index (χ1) is 19.8. The van der Waals surface area contributed by atoms with Gasteiger partial charge in [0, 0.05) is 31.7 Å². The van der Waals surface area contributed by atoms with Gasteiger partial charge in [0.1, 0.15) is 5.75 Å². The summed E-state index contributed by atoms with van der Waals surface area (Å²) in [5, 5.41) is 9.47. The summed E-state index contributed by atoms with van der Waals surface area (Å²) < 4.78 is 53.7. The molecule has 0 aromatic heterocycles. The molecule has 2 aromatic rings. The van der Waals surface area contributed by atoms with Crippen LogP contribution in [0.15, 0.2) is 48.5 Å². The van der Waals surface area contributed by atoms with Gasteiger partial charge in [0.05, 0.1) is 18.1 Å². The highest BCUT2D eigenvalue weighted by Gasteiger charge is 2.48. The summed E-state index contributed by atoms with van der Waals surface area (Å²) in [4.78, 5) is 2.00. The monoisotopic (exact) mass is 589 g/mol. The van der Waals surface area contributed by atoms with E-state index in [0.717, 1.165) is 56.3 Å². The molecule has 1 atom stereocenters. The van der Waals surface area contributed by atoms with Crippen LogP contribution in [0.25, 0.3) is 0 Å². The first-order valence-electron chi connectivity index (χ1n) is 15.5. The van der Waals surface area contributed by atoms with Crippen molar-refractivity contribution in [3.8, 4) is 5.75 Å². The molecule has 0 unspecified atom stereocenters. The zero-order valence-corrected chi connectivity index (χ0v) is 26.1. The highest BCUT2D eigenvalue weighted by molar-refractivity contribution is 5.33. The predicted octanol–water partition coefficient (Wildman–Crippen LogP) is 8.27. The summed E-state index contributed by atoms with van der Waals surface area (Å²) in [6.45, 7) is 8.66. The fourth-order valence-electron chi connectivity index (χ4n) is 7.09. The molecule has 1 saturated heterocycles. The number of nitrogens with zero attached hydrogens (tertiary/aromatic N) is 1. The molecule has 0 spiro atoms. The highest BCUT2D eigenvalue weighted by atomic mass is 19.4. The fourth-order valence-corrected chi connectivity index (χ4v) is 7.09. The second-order valence-corrected chi connectivity index (χ2v) is 14.0. The van der Waals surface area contributed by atoms with Crippen LogP contribution in [0.3, 0.4) is 0 Å². The average molecular weight is 590 g/mol. The molecule has 0 radical (unpaired) electrons. The van der Waals surface area contributed by atoms with Crippen molar-refractivity contribution in [3.63, 3.8) is 0 Å². The molecule has 2 aromatic carbocycles. The number of aliphatic hydroxyl groups is 1. The Morgan fingerprint density at radius 2 is 1.62 bits per heavy atom. The molecule has 0 bridgehead atoms. The number of ether oxygens (including phenoxy) is 2. The smallest absolute Gasteiger partial charge is 0.395 e. The van der Waals surface area contributed by atoms with Crippen molar-refractivity contribution in [2.75, 3.05) is 33.4 Å². The fraction of sp³-hybridized carbons (Fsp3) is 0.657. The maximum atomic E-state index is 14.1. The molecule has 1 aliphatic carbocycles. The Hall–Kier alpha value is -2.09. The van der Waals surface area contributed by atoms with E-state index >= 15 is 0 Å². The number of hydrogen-bond acceptors (Lipinski definition) is 4. The quantitative estimate of drug-likeness (QED) is 0.287. The lowest BCUT2D eigenvalue weighted by molar-refractivity contribution is -0.217. The molecule has 234 valence electrons. The van der Waals surface area contributed by atoms with Crippen molar-refractivity contribution in [2.45, 2.75) is 102 Å². The Morgan fingerprint density at radius 3 is 2.17 bits per heavy atom. The maximum absolute atomic E-state index is 14.1. The van der Waals surface area contributed by atoms with Crippen molar-refractivity contribution >= 4 is 0 Å². The van der Waals surface area contributed by atoms with Crippen LogP contribution in [0.4, 0.5) is 13.2 Å². The molecule has 42 heavy (non-hydrogen) atoms. The van der Waals surface area contributed by atoms with Gasteiger partial charge >= 0.3 is 6.18 Å². The van der Waals surface area contributed by atoms with Gasteiger partial charge in [-0.3, -0.25) is 4.90 Å². The van der Waals surface area contributed by atoms with Crippen LogP contribution >= 0.6 is 0 Å². The van der Waals surface area contributed by atoms with Crippen LogP contribution in [0, 0.1) is 11.3 Å². The van der Waals surface area contributed by atoms with E-state index in [9.17, 15) is 18.3 Å². The molecule has 4 nitrogen and oxygen atoms in total. The van der Waals surface area contributed by atoms with Crippen molar-refractivity contribution in [3.05, 3.63) is 65.2 Å². The number of alkyl halides is 3. The van der Waals surface area contributed by atoms with Crippen LogP contribution < -0.4 is 4.74 Å². The normalized spacial score (nSPS) is 25.0. The Kier molecular flexibility index (Phi) is 10.4. The number of methoxy groups -OCH3 is 1. The minimum atomic E-state index is -4.29. The van der Waals surface area contributed by atoms with Crippen LogP contribution in [0.1, 0.15) is 95.2 Å². The Morgan fingerprint density at radius 1 is 0.976 bits per heavy atom. The van der Waals surface area contributed by atoms with Gasteiger partial charge in [0.2, 0.25) is 0 Å². The zero-order valence-electron chi connectivity index (χ0n) is 26.1. The minimum absolute atomic E-state index is 0.0675. The second kappa shape index (κ2) is 13.3. The Balaban J connectivity index is 1.54. The van der Waals surface area contributed by atoms with Gasteiger partial charge < -0.3 is 14.6 Å². The Bertz CT molecular complexity index is 1120. The molecule has 1 saturated carbocycles. The van der Waals surface area contributed by atoms with Gasteiger partial charge in [0.15, 0.2) is 0 Å². The molecule has 1 aliphatic heterocycles. The zero-order chi connectivity index (χ0) is 30.6. The number of hydrogen-bond donors (Lipinski definition) is 1. The first kappa shape index (κ1) is 32.8. The number of aliphatic hydroxyl groups excluding tert-OH is 1. The van der Waals surface area contributed by atoms with E-state index in [1.165, 1.54) is 25.0 Å². The third-order valence-corrected chi connectivity index (χ3v) is 9.80. The lowest BCUT2D eigenvalue weighted by atomic mass is 9.67. The van der Waals surface area contributed by atoms with E-state index in [-0.39, 0.29) is 24.2 Å². The van der Waals surface area contributed by atoms with Gasteiger partial charge in [-0.05, 0) is 120 Å². The lowest BCUT2D eigenvalue weighted by Crippen LogP contribution is -2.47. The summed E-state index contributed by atoms with van der Waals surface area (Å²) >= 11 is 0. The minimum Gasteiger partial charge on any atom is -0.497 e. The molecule has 0 amide bonds. The number of rotatable bonds is 11. The van der Waals surface area contributed by atoms with Gasteiger partial charge in [-0.2, -0.15) is 13.2 Å². The largest absolute Gasteiger partial charge is 0.497 e. The van der Waals surface area contributed by atoms with Crippen molar-refractivity contribution in [2.24, 2.45) is 11.3 Å². The van der Waals surface area contributed by atoms with E-state index < -0.39 is 11.6 Å². The number of benzene rings is 2. The summed E-state index contributed by atoms with van der Waals surface area (Å²) in [6.07, 6.45) is 2.31. The Labute approximate surface area is 250 Å². The molecular weight excluding hydrogens is 539 g/mol. The van der Waals surface area contributed by atoms with Gasteiger partial charge in [-0.25, -0.2) is 0 Å². The van der Waals surface area contributed by atoms with Crippen molar-refractivity contribution in [1.29, 1.82) is 0 Å². The van der Waals surface area contributed by atoms with E-state index in [4.69, 9.17) is 9.47 Å². The van der Waals surface area contributed by atoms with Crippen LogP contribution in [0.2, 0.25) is 0 Å². The summed E-state index contributed by atoms with van der Waals surface area (Å²) in [6, 6.07) is 16.7. The standard InChI is InChI=1S/C35H50F3NO3/c1-32(2,35(36,37)38)25-39(22-26-6-10-28(11-7-26)29-12-8-27(23-40)9-13-29)20-18-34(19-21-42-33(3,4)24-34)30-14-16-31(41-5)17-15-30/h6-7,10-11,14-17,27,29,40H,8-9,12-13,18-25H2,1-5H3/t27-,29+,34-/m1/s1. The first-order valence-corrected chi connectivity index (χ1v) is 15.5. The third-order valence-electron chi connectivity index (χ3n) is 9.80. The molecule has 2 fully saturated rings. The molecule has 1 N–H and O–H groups in total. The third kappa shape index (κ3) is 8.09. The molecule has 2 aliphatic rings. The van der Waals surface area contributed by atoms with Crippen LogP contribution in [0.5, 0.6) is 5.75 Å². The van der Waals surface area contributed by atoms with E-state index in [0.29, 0.717) is 31.5 Å². The predicted molar refractivity (Wildman–Crippen MR) is 162 cm³/mol. The van der Waals surface area contributed by atoms with Gasteiger partial charge in [-0.1, -0.05) is 36.4 Å². The lowest BCUT2D eigenvalue weighted by Gasteiger charge is -2.46. The SMILES string of the molecule is COc1ccc([C@]2(CCN(Cc3ccc([C@H]4CC[C@@H](CO)CC4)cc3)CC(C)(C)C(F)(F)F)CCOC(C)(C)C2)cc1. The van der Waals surface area contributed by atoms with E-state index in [2.05, 4.69) is 50.2 Å². The maximum Gasteiger partial charge on any atom is 0.395 e. The summed E-state index contributed by atoms with van der Waals surface area (Å²) in [7, 11) is 1.65. The average Bonchev–Trinajstić information content (AvgIpc) is 2.95. The van der Waals surface area contributed by atoms with Gasteiger partial charge in [-0.15, -0.1) is 0 Å². The summed E-state index contributed by atoms with van der Waals surface area (Å²) in [5.41, 5.74) is 1.16. The molecular formula is C35H50F3NO3. The van der Waals surface area contributed by atoms with Crippen molar-refractivity contribution in [1.82, 2.24) is 4.90 Å². The molecule has 1 heterocycles. The van der Waals surface area contributed by atoms with Crippen LogP contribution in [-0.2, 0) is 16.7 Å².